The van der Waals surface area contributed by atoms with Gasteiger partial charge < -0.3 is 14.8 Å². The molecule has 2 aromatic rings. The largest absolute Gasteiger partial charge is 0.460 e. The minimum absolute atomic E-state index is 0. The lowest BCUT2D eigenvalue weighted by Gasteiger charge is -2.12. The number of hydrogen-bond acceptors (Lipinski definition) is 3. The number of halogens is 2. The third kappa shape index (κ3) is 4.25. The molecule has 0 saturated heterocycles. The van der Waals surface area contributed by atoms with Crippen LogP contribution in [-0.2, 0) is 6.54 Å². The van der Waals surface area contributed by atoms with E-state index < -0.39 is 0 Å². The van der Waals surface area contributed by atoms with E-state index in [9.17, 15) is 0 Å². The molecule has 1 heterocycles. The van der Waals surface area contributed by atoms with Crippen molar-refractivity contribution in [3.8, 4) is 11.3 Å². The third-order valence-corrected chi connectivity index (χ3v) is 3.41. The Morgan fingerprint density at radius 1 is 1.25 bits per heavy atom. The first-order valence-electron chi connectivity index (χ1n) is 6.42. The van der Waals surface area contributed by atoms with E-state index in [0.717, 1.165) is 23.5 Å². The lowest BCUT2D eigenvalue weighted by atomic mass is 10.2. The molecule has 0 spiro atoms. The van der Waals surface area contributed by atoms with Gasteiger partial charge in [0.1, 0.15) is 11.5 Å². The van der Waals surface area contributed by atoms with Crippen LogP contribution in [0.3, 0.4) is 0 Å². The van der Waals surface area contributed by atoms with Crippen LogP contribution in [-0.4, -0.2) is 17.8 Å². The Morgan fingerprint density at radius 2 is 2.00 bits per heavy atom. The van der Waals surface area contributed by atoms with E-state index in [0.29, 0.717) is 11.6 Å². The van der Waals surface area contributed by atoms with Crippen molar-refractivity contribution in [3.05, 3.63) is 47.2 Å². The molecule has 0 aliphatic carbocycles. The van der Waals surface area contributed by atoms with E-state index in [1.165, 1.54) is 0 Å². The van der Waals surface area contributed by atoms with Crippen LogP contribution < -0.4 is 5.32 Å². The number of furan rings is 1. The molecular weight excluding hydrogens is 297 g/mol. The summed E-state index contributed by atoms with van der Waals surface area (Å²) >= 11 is 6.13. The predicted octanol–water partition coefficient (Wildman–Crippen LogP) is 3.88. The van der Waals surface area contributed by atoms with Crippen molar-refractivity contribution in [1.82, 2.24) is 5.32 Å². The molecule has 2 N–H and O–H groups in total. The summed E-state index contributed by atoms with van der Waals surface area (Å²) in [4.78, 5) is 0. The van der Waals surface area contributed by atoms with Crippen LogP contribution in [0.2, 0.25) is 5.02 Å². The van der Waals surface area contributed by atoms with E-state index in [4.69, 9.17) is 21.1 Å². The second kappa shape index (κ2) is 8.32. The topological polar surface area (TPSA) is 45.4 Å². The molecule has 1 aromatic carbocycles. The van der Waals surface area contributed by atoms with Gasteiger partial charge in [0.05, 0.1) is 18.2 Å². The van der Waals surface area contributed by atoms with Gasteiger partial charge in [0.2, 0.25) is 0 Å². The first kappa shape index (κ1) is 17.1. The van der Waals surface area contributed by atoms with Crippen LogP contribution in [0.25, 0.3) is 11.3 Å². The highest BCUT2D eigenvalue weighted by Gasteiger charge is 2.09. The summed E-state index contributed by atoms with van der Waals surface area (Å²) < 4.78 is 5.76. The average Bonchev–Trinajstić information content (AvgIpc) is 2.89. The highest BCUT2D eigenvalue weighted by molar-refractivity contribution is 6.33. The van der Waals surface area contributed by atoms with E-state index in [1.54, 1.807) is 0 Å². The van der Waals surface area contributed by atoms with Crippen molar-refractivity contribution in [2.75, 3.05) is 6.61 Å². The Morgan fingerprint density at radius 3 is 2.65 bits per heavy atom. The van der Waals surface area contributed by atoms with Crippen molar-refractivity contribution in [1.29, 1.82) is 0 Å². The van der Waals surface area contributed by atoms with Crippen LogP contribution >= 0.6 is 24.0 Å². The maximum atomic E-state index is 9.11. The van der Waals surface area contributed by atoms with Gasteiger partial charge >= 0.3 is 0 Å². The first-order chi connectivity index (χ1) is 9.24. The summed E-state index contributed by atoms with van der Waals surface area (Å²) in [6.45, 7) is 2.77. The second-order valence-electron chi connectivity index (χ2n) is 4.41. The van der Waals surface area contributed by atoms with Crippen molar-refractivity contribution >= 4 is 24.0 Å². The van der Waals surface area contributed by atoms with Crippen molar-refractivity contribution in [2.45, 2.75) is 25.9 Å². The maximum absolute atomic E-state index is 9.11. The summed E-state index contributed by atoms with van der Waals surface area (Å²) in [7, 11) is 0. The van der Waals surface area contributed by atoms with Crippen LogP contribution in [0.1, 0.15) is 19.1 Å². The first-order valence-corrected chi connectivity index (χ1v) is 6.80. The molecule has 3 nitrogen and oxygen atoms in total. The Labute approximate surface area is 130 Å². The predicted molar refractivity (Wildman–Crippen MR) is 84.4 cm³/mol. The molecule has 0 aliphatic heterocycles. The second-order valence-corrected chi connectivity index (χ2v) is 4.82. The number of nitrogens with one attached hydrogen (secondary N) is 1. The lowest BCUT2D eigenvalue weighted by molar-refractivity contribution is 0.235. The van der Waals surface area contributed by atoms with Gasteiger partial charge in [-0.3, -0.25) is 0 Å². The quantitative estimate of drug-likeness (QED) is 0.850. The number of benzene rings is 1. The fourth-order valence-corrected chi connectivity index (χ4v) is 2.09. The van der Waals surface area contributed by atoms with Crippen LogP contribution in [0.15, 0.2) is 40.8 Å². The summed E-state index contributed by atoms with van der Waals surface area (Å²) in [6, 6.07) is 11.5. The highest BCUT2D eigenvalue weighted by Crippen LogP contribution is 2.28. The maximum Gasteiger partial charge on any atom is 0.135 e. The zero-order valence-corrected chi connectivity index (χ0v) is 12.9. The molecule has 1 aromatic heterocycles. The number of aliphatic hydroxyl groups is 1. The van der Waals surface area contributed by atoms with E-state index >= 15 is 0 Å². The minimum atomic E-state index is 0. The summed E-state index contributed by atoms with van der Waals surface area (Å²) in [5.74, 6) is 1.60. The van der Waals surface area contributed by atoms with Crippen LogP contribution in [0.5, 0.6) is 0 Å². The Balaban J connectivity index is 0.00000200. The summed E-state index contributed by atoms with van der Waals surface area (Å²) in [5, 5.41) is 13.0. The van der Waals surface area contributed by atoms with E-state index in [1.807, 2.05) is 43.3 Å². The zero-order chi connectivity index (χ0) is 13.7. The van der Waals surface area contributed by atoms with Gasteiger partial charge in [-0.15, -0.1) is 12.4 Å². The van der Waals surface area contributed by atoms with Crippen molar-refractivity contribution in [2.24, 2.45) is 0 Å². The molecule has 20 heavy (non-hydrogen) atoms. The molecule has 1 unspecified atom stereocenters. The van der Waals surface area contributed by atoms with Gasteiger partial charge in [0.15, 0.2) is 0 Å². The molecule has 0 bridgehead atoms. The Hall–Kier alpha value is -1.000. The fourth-order valence-electron chi connectivity index (χ4n) is 1.86. The highest BCUT2D eigenvalue weighted by atomic mass is 35.5. The Kier molecular flexibility index (Phi) is 7.10. The molecule has 0 saturated carbocycles. The third-order valence-electron chi connectivity index (χ3n) is 3.08. The smallest absolute Gasteiger partial charge is 0.135 e. The molecular formula is C15H19Cl2NO2. The lowest BCUT2D eigenvalue weighted by Crippen LogP contribution is -2.30. The van der Waals surface area contributed by atoms with Gasteiger partial charge in [-0.1, -0.05) is 30.7 Å². The zero-order valence-electron chi connectivity index (χ0n) is 11.3. The molecule has 0 radical (unpaired) electrons. The summed E-state index contributed by atoms with van der Waals surface area (Å²) in [5.41, 5.74) is 0.893. The van der Waals surface area contributed by atoms with Gasteiger partial charge in [-0.25, -0.2) is 0 Å². The SMILES string of the molecule is CCC(CO)NCc1ccc(-c2ccccc2Cl)o1.Cl. The summed E-state index contributed by atoms with van der Waals surface area (Å²) in [6.07, 6.45) is 0.884. The monoisotopic (exact) mass is 315 g/mol. The molecule has 0 fully saturated rings. The molecule has 5 heteroatoms. The Bertz CT molecular complexity index is 524. The number of aliphatic hydroxyl groups excluding tert-OH is 1. The van der Waals surface area contributed by atoms with Crippen molar-refractivity contribution < 1.29 is 9.52 Å². The van der Waals surface area contributed by atoms with Crippen molar-refractivity contribution in [3.63, 3.8) is 0 Å². The number of hydrogen-bond donors (Lipinski definition) is 2. The van der Waals surface area contributed by atoms with E-state index in [-0.39, 0.29) is 25.1 Å². The van der Waals surface area contributed by atoms with Gasteiger partial charge in [0.25, 0.3) is 0 Å². The fraction of sp³-hybridized carbons (Fsp3) is 0.333. The van der Waals surface area contributed by atoms with Gasteiger partial charge in [-0.2, -0.15) is 0 Å². The average molecular weight is 316 g/mol. The molecule has 2 rings (SSSR count). The standard InChI is InChI=1S/C15H18ClNO2.ClH/c1-2-11(10-18)17-9-12-7-8-15(19-12)13-5-3-4-6-14(13)16;/h3-8,11,17-18H,2,9-10H2,1H3;1H. The van der Waals surface area contributed by atoms with E-state index in [2.05, 4.69) is 5.32 Å². The van der Waals surface area contributed by atoms with Gasteiger partial charge in [-0.05, 0) is 30.7 Å². The van der Waals surface area contributed by atoms with Gasteiger partial charge in [0, 0.05) is 11.6 Å². The molecule has 0 aliphatic rings. The minimum Gasteiger partial charge on any atom is -0.460 e. The molecule has 0 amide bonds. The molecule has 110 valence electrons. The normalized spacial score (nSPS) is 11.9. The number of rotatable bonds is 6. The van der Waals surface area contributed by atoms with Crippen LogP contribution in [0.4, 0.5) is 0 Å². The molecule has 1 atom stereocenters. The van der Waals surface area contributed by atoms with Crippen LogP contribution in [0, 0.1) is 0 Å².